The molecule has 1 aromatic carbocycles. The van der Waals surface area contributed by atoms with E-state index in [1.165, 1.54) is 18.4 Å². The Morgan fingerprint density at radius 1 is 1.00 bits per heavy atom. The van der Waals surface area contributed by atoms with Gasteiger partial charge in [-0.05, 0) is 24.3 Å². The van der Waals surface area contributed by atoms with Gasteiger partial charge in [0.15, 0.2) is 29.1 Å². The first kappa shape index (κ1) is 20.6. The Kier molecular flexibility index (Phi) is 5.75. The van der Waals surface area contributed by atoms with Crippen LogP contribution in [0.15, 0.2) is 34.9 Å². The number of esters is 1. The van der Waals surface area contributed by atoms with Crippen molar-refractivity contribution >= 4 is 11.8 Å². The lowest BCUT2D eigenvalue weighted by molar-refractivity contribution is -0.215. The zero-order valence-electron chi connectivity index (χ0n) is 14.7. The first-order valence-corrected chi connectivity index (χ1v) is 8.40. The van der Waals surface area contributed by atoms with Crippen LogP contribution in [0.4, 0.5) is 0 Å². The summed E-state index contributed by atoms with van der Waals surface area (Å²) in [5.74, 6) is -4.30. The minimum Gasteiger partial charge on any atom is -0.504 e. The molecule has 1 saturated heterocycles. The second-order valence-electron chi connectivity index (χ2n) is 6.37. The molecule has 3 rings (SSSR count). The van der Waals surface area contributed by atoms with Crippen LogP contribution in [0.3, 0.4) is 0 Å². The summed E-state index contributed by atoms with van der Waals surface area (Å²) in [6, 6.07) is 4.46. The van der Waals surface area contributed by atoms with Crippen molar-refractivity contribution in [2.24, 2.45) is 0 Å². The highest BCUT2D eigenvalue weighted by molar-refractivity contribution is 5.97. The molecule has 2 heterocycles. The predicted octanol–water partition coefficient (Wildman–Crippen LogP) is -0.714. The van der Waals surface area contributed by atoms with E-state index in [2.05, 4.69) is 0 Å². The average Bonchev–Trinajstić information content (AvgIpc) is 3.23. The molecule has 156 valence electrons. The zero-order chi connectivity index (χ0) is 21.3. The number of ketones is 1. The maximum Gasteiger partial charge on any atom is 0.338 e. The van der Waals surface area contributed by atoms with Crippen LogP contribution < -0.4 is 0 Å². The fraction of sp³-hybridized carbons (Fsp3) is 0.333. The summed E-state index contributed by atoms with van der Waals surface area (Å²) in [5, 5.41) is 58.3. The quantitative estimate of drug-likeness (QED) is 0.207. The normalized spacial score (nSPS) is 26.8. The van der Waals surface area contributed by atoms with Crippen LogP contribution >= 0.6 is 0 Å². The average molecular weight is 410 g/mol. The van der Waals surface area contributed by atoms with Crippen molar-refractivity contribution in [3.05, 3.63) is 41.9 Å². The number of rotatable bonds is 5. The molecule has 1 aromatic heterocycles. The summed E-state index contributed by atoms with van der Waals surface area (Å²) in [5.41, 5.74) is -0.313. The number of phenols is 3. The third kappa shape index (κ3) is 4.03. The smallest absolute Gasteiger partial charge is 0.338 e. The number of carbonyl (C=O) groups is 2. The summed E-state index contributed by atoms with van der Waals surface area (Å²) in [6.07, 6.45) is -6.92. The second-order valence-corrected chi connectivity index (χ2v) is 6.37. The van der Waals surface area contributed by atoms with Gasteiger partial charge in [-0.25, -0.2) is 4.79 Å². The minimum atomic E-state index is -1.77. The largest absolute Gasteiger partial charge is 0.504 e. The molecule has 1 aliphatic heterocycles. The maximum atomic E-state index is 12.4. The Hall–Kier alpha value is -3.12. The Balaban J connectivity index is 1.71. The first-order valence-electron chi connectivity index (χ1n) is 8.40. The van der Waals surface area contributed by atoms with E-state index in [0.717, 1.165) is 12.1 Å². The van der Waals surface area contributed by atoms with Crippen molar-refractivity contribution in [3.63, 3.8) is 0 Å². The van der Waals surface area contributed by atoms with E-state index in [9.17, 15) is 40.2 Å². The Bertz CT molecular complexity index is 868. The van der Waals surface area contributed by atoms with Crippen molar-refractivity contribution < 1.29 is 54.1 Å². The second kappa shape index (κ2) is 8.09. The van der Waals surface area contributed by atoms with E-state index in [1.54, 1.807) is 0 Å². The number of hydrogen-bond donors (Lipinski definition) is 6. The van der Waals surface area contributed by atoms with Gasteiger partial charge in [-0.1, -0.05) is 0 Å². The molecule has 1 aliphatic rings. The van der Waals surface area contributed by atoms with E-state index in [-0.39, 0.29) is 11.3 Å². The standard InChI is InChI=1S/C18H18O11/c19-8-4-7(5-9(20)12(8)21)18(26)28-6-11-13(22)15(24)16(25)17(29-11)14(23)10-2-1-3-27-10/h1-5,11,13,15-17,19-22,24-25H,6H2/t11-,13-,15+,16-,17+/m1/s1. The number of aromatic hydroxyl groups is 3. The molecule has 6 N–H and O–H groups in total. The van der Waals surface area contributed by atoms with Crippen molar-refractivity contribution in [2.75, 3.05) is 6.61 Å². The molecule has 0 radical (unpaired) electrons. The highest BCUT2D eigenvalue weighted by atomic mass is 16.6. The summed E-state index contributed by atoms with van der Waals surface area (Å²) < 4.78 is 15.2. The molecule has 0 amide bonds. The van der Waals surface area contributed by atoms with Gasteiger partial charge in [0.2, 0.25) is 5.78 Å². The molecule has 11 heteroatoms. The lowest BCUT2D eigenvalue weighted by Gasteiger charge is -2.39. The van der Waals surface area contributed by atoms with Crippen LogP contribution in [0.5, 0.6) is 17.2 Å². The third-order valence-corrected chi connectivity index (χ3v) is 4.42. The van der Waals surface area contributed by atoms with Gasteiger partial charge in [0, 0.05) is 0 Å². The van der Waals surface area contributed by atoms with Crippen molar-refractivity contribution in [1.29, 1.82) is 0 Å². The van der Waals surface area contributed by atoms with Gasteiger partial charge >= 0.3 is 5.97 Å². The molecule has 11 nitrogen and oxygen atoms in total. The van der Waals surface area contributed by atoms with Gasteiger partial charge < -0.3 is 44.5 Å². The Morgan fingerprint density at radius 3 is 2.24 bits per heavy atom. The number of phenolic OH excluding ortho intramolecular Hbond substituents is 3. The fourth-order valence-electron chi connectivity index (χ4n) is 2.83. The molecule has 0 spiro atoms. The summed E-state index contributed by atoms with van der Waals surface area (Å²) in [6.45, 7) is -0.631. The lowest BCUT2D eigenvalue weighted by Crippen LogP contribution is -2.60. The van der Waals surface area contributed by atoms with Crippen LogP contribution in [-0.2, 0) is 9.47 Å². The number of ether oxygens (including phenoxy) is 2. The molecular weight excluding hydrogens is 392 g/mol. The molecule has 0 aliphatic carbocycles. The fourth-order valence-corrected chi connectivity index (χ4v) is 2.83. The van der Waals surface area contributed by atoms with Gasteiger partial charge in [-0.2, -0.15) is 0 Å². The summed E-state index contributed by atoms with van der Waals surface area (Å²) in [7, 11) is 0. The summed E-state index contributed by atoms with van der Waals surface area (Å²) >= 11 is 0. The highest BCUT2D eigenvalue weighted by Crippen LogP contribution is 2.35. The molecule has 29 heavy (non-hydrogen) atoms. The molecule has 0 saturated carbocycles. The summed E-state index contributed by atoms with van der Waals surface area (Å²) in [4.78, 5) is 24.5. The number of aliphatic hydroxyl groups is 3. The third-order valence-electron chi connectivity index (χ3n) is 4.42. The van der Waals surface area contributed by atoms with Gasteiger partial charge in [-0.15, -0.1) is 0 Å². The Labute approximate surface area is 163 Å². The van der Waals surface area contributed by atoms with Crippen LogP contribution in [0, 0.1) is 0 Å². The van der Waals surface area contributed by atoms with Gasteiger partial charge in [0.25, 0.3) is 0 Å². The van der Waals surface area contributed by atoms with E-state index in [4.69, 9.17) is 13.9 Å². The number of benzene rings is 1. The van der Waals surface area contributed by atoms with Crippen molar-refractivity contribution in [2.45, 2.75) is 30.5 Å². The maximum absolute atomic E-state index is 12.4. The van der Waals surface area contributed by atoms with Crippen LogP contribution in [0.25, 0.3) is 0 Å². The van der Waals surface area contributed by atoms with E-state index in [1.807, 2.05) is 0 Å². The van der Waals surface area contributed by atoms with Crippen LogP contribution in [-0.4, -0.2) is 79.5 Å². The lowest BCUT2D eigenvalue weighted by atomic mass is 9.92. The molecule has 5 atom stereocenters. The molecule has 0 bridgehead atoms. The number of carbonyl (C=O) groups excluding carboxylic acids is 2. The minimum absolute atomic E-state index is 0.136. The molecule has 1 fully saturated rings. The first-order chi connectivity index (χ1) is 13.7. The Morgan fingerprint density at radius 2 is 1.66 bits per heavy atom. The number of aliphatic hydroxyl groups excluding tert-OH is 3. The van der Waals surface area contributed by atoms with E-state index >= 15 is 0 Å². The van der Waals surface area contributed by atoms with Crippen molar-refractivity contribution in [3.8, 4) is 17.2 Å². The number of Topliss-reactive ketones (excluding diaryl/α,β-unsaturated/α-hetero) is 1. The predicted molar refractivity (Wildman–Crippen MR) is 91.4 cm³/mol. The zero-order valence-corrected chi connectivity index (χ0v) is 14.7. The van der Waals surface area contributed by atoms with Crippen molar-refractivity contribution in [1.82, 2.24) is 0 Å². The van der Waals surface area contributed by atoms with E-state index < -0.39 is 66.1 Å². The van der Waals surface area contributed by atoms with E-state index in [0.29, 0.717) is 0 Å². The SMILES string of the molecule is O=C(OC[C@H]1O[C@@H](C(=O)c2ccco2)[C@H](O)[C@@H](O)[C@@H]1O)c1cc(O)c(O)c(O)c1. The number of furan rings is 1. The number of hydrogen-bond acceptors (Lipinski definition) is 11. The van der Waals surface area contributed by atoms with Crippen LogP contribution in [0.1, 0.15) is 20.9 Å². The monoisotopic (exact) mass is 410 g/mol. The topological polar surface area (TPSA) is 187 Å². The van der Waals surface area contributed by atoms with Gasteiger partial charge in [-0.3, -0.25) is 4.79 Å². The van der Waals surface area contributed by atoms with Gasteiger partial charge in [0.1, 0.15) is 31.0 Å². The molecule has 2 aromatic rings. The van der Waals surface area contributed by atoms with Gasteiger partial charge in [0.05, 0.1) is 11.8 Å². The highest BCUT2D eigenvalue weighted by Gasteiger charge is 2.47. The van der Waals surface area contributed by atoms with Crippen LogP contribution in [0.2, 0.25) is 0 Å². The molecule has 0 unspecified atom stereocenters. The molecular formula is C18H18O11.